The fourth-order valence-electron chi connectivity index (χ4n) is 5.34. The second-order valence-corrected chi connectivity index (χ2v) is 11.1. The van der Waals surface area contributed by atoms with E-state index in [1.54, 1.807) is 15.5 Å². The Morgan fingerprint density at radius 1 is 1.17 bits per heavy atom. The van der Waals surface area contributed by atoms with Crippen molar-refractivity contribution in [2.24, 2.45) is 0 Å². The number of para-hydroxylation sites is 1. The summed E-state index contributed by atoms with van der Waals surface area (Å²) in [7, 11) is 0. The molecule has 3 unspecified atom stereocenters. The molecule has 4 heterocycles. The zero-order chi connectivity index (χ0) is 24.7. The molecule has 0 radical (unpaired) electrons. The van der Waals surface area contributed by atoms with E-state index in [0.717, 1.165) is 36.0 Å². The zero-order valence-corrected chi connectivity index (χ0v) is 22.0. The van der Waals surface area contributed by atoms with Crippen LogP contribution in [0, 0.1) is 0 Å². The largest absolute Gasteiger partial charge is 0.376 e. The van der Waals surface area contributed by atoms with E-state index in [1.807, 2.05) is 39.0 Å². The summed E-state index contributed by atoms with van der Waals surface area (Å²) in [6.07, 6.45) is 3.77. The summed E-state index contributed by atoms with van der Waals surface area (Å²) >= 11 is 6.82. The molecule has 3 atom stereocenters. The second kappa shape index (κ2) is 10.0. The van der Waals surface area contributed by atoms with Crippen LogP contribution in [-0.2, 0) is 20.8 Å². The molecule has 5 rings (SSSR count). The van der Waals surface area contributed by atoms with Gasteiger partial charge in [-0.1, -0.05) is 42.2 Å². The predicted molar refractivity (Wildman–Crippen MR) is 145 cm³/mol. The molecule has 3 aliphatic rings. The normalized spacial score (nSPS) is 26.5. The van der Waals surface area contributed by atoms with Crippen molar-refractivity contribution in [3.8, 4) is 0 Å². The lowest BCUT2D eigenvalue weighted by Crippen LogP contribution is -2.46. The van der Waals surface area contributed by atoms with Crippen LogP contribution in [0.25, 0.3) is 17.0 Å². The van der Waals surface area contributed by atoms with Gasteiger partial charge in [-0.2, -0.15) is 0 Å². The van der Waals surface area contributed by atoms with Crippen LogP contribution in [0.1, 0.15) is 39.2 Å². The van der Waals surface area contributed by atoms with Gasteiger partial charge < -0.3 is 18.9 Å². The minimum atomic E-state index is -0.152. The van der Waals surface area contributed by atoms with E-state index in [4.69, 9.17) is 21.7 Å². The number of ether oxygens (including phenoxy) is 2. The first-order valence-electron chi connectivity index (χ1n) is 12.3. The molecule has 1 amide bonds. The highest BCUT2D eigenvalue weighted by atomic mass is 32.2. The number of morpholine rings is 1. The molecular formula is C26H31N3O4S2. The summed E-state index contributed by atoms with van der Waals surface area (Å²) in [6.45, 7) is 9.14. The first kappa shape index (κ1) is 24.5. The van der Waals surface area contributed by atoms with Gasteiger partial charge in [-0.05, 0) is 45.8 Å². The fraction of sp³-hybridized carbons (Fsp3) is 0.500. The van der Waals surface area contributed by atoms with Crippen LogP contribution in [0.2, 0.25) is 0 Å². The van der Waals surface area contributed by atoms with Crippen LogP contribution >= 0.6 is 24.0 Å². The summed E-state index contributed by atoms with van der Waals surface area (Å²) in [5, 5.41) is 0.997. The lowest BCUT2D eigenvalue weighted by molar-refractivity contribution is -0.123. The summed E-state index contributed by atoms with van der Waals surface area (Å²) in [6, 6.07) is 8.00. The fourth-order valence-corrected chi connectivity index (χ4v) is 6.59. The molecule has 35 heavy (non-hydrogen) atoms. The minimum Gasteiger partial charge on any atom is -0.376 e. The summed E-state index contributed by atoms with van der Waals surface area (Å²) in [4.78, 5) is 31.6. The Kier molecular flexibility index (Phi) is 7.03. The van der Waals surface area contributed by atoms with Gasteiger partial charge in [-0.25, -0.2) is 0 Å². The Hall–Kier alpha value is -2.20. The third kappa shape index (κ3) is 4.67. The molecule has 3 aliphatic heterocycles. The number of aryl methyl sites for hydroxylation is 1. The highest BCUT2D eigenvalue weighted by molar-refractivity contribution is 8.26. The molecule has 0 aliphatic carbocycles. The molecule has 1 aromatic heterocycles. The predicted octanol–water partition coefficient (Wildman–Crippen LogP) is 4.02. The Morgan fingerprint density at radius 2 is 1.91 bits per heavy atom. The first-order chi connectivity index (χ1) is 16.9. The number of hydrogen-bond acceptors (Lipinski definition) is 7. The summed E-state index contributed by atoms with van der Waals surface area (Å²) < 4.78 is 14.0. The van der Waals surface area contributed by atoms with E-state index in [1.165, 1.54) is 11.8 Å². The number of hydrogen-bond donors (Lipinski definition) is 0. The van der Waals surface area contributed by atoms with Crippen LogP contribution < -0.4 is 10.5 Å². The van der Waals surface area contributed by atoms with Crippen molar-refractivity contribution in [3.63, 3.8) is 0 Å². The SMILES string of the molecule is CCn1c(=O)c(C=C2SC(=S)N(CC3CCCO3)C2=O)c(N2CC(C)OC(C)C2)c2ccccc21. The van der Waals surface area contributed by atoms with Crippen molar-refractivity contribution < 1.29 is 14.3 Å². The van der Waals surface area contributed by atoms with Crippen LogP contribution in [0.4, 0.5) is 5.69 Å². The minimum absolute atomic E-state index is 0.0155. The van der Waals surface area contributed by atoms with E-state index in [-0.39, 0.29) is 29.8 Å². The molecule has 0 bridgehead atoms. The monoisotopic (exact) mass is 513 g/mol. The Bertz CT molecular complexity index is 1240. The van der Waals surface area contributed by atoms with E-state index in [9.17, 15) is 9.59 Å². The number of carbonyl (C=O) groups excluding carboxylic acids is 1. The van der Waals surface area contributed by atoms with Crippen LogP contribution in [0.3, 0.4) is 0 Å². The maximum absolute atomic E-state index is 13.9. The number of thioether (sulfide) groups is 1. The average molecular weight is 514 g/mol. The van der Waals surface area contributed by atoms with Gasteiger partial charge in [0.15, 0.2) is 0 Å². The van der Waals surface area contributed by atoms with Gasteiger partial charge in [0.1, 0.15) is 4.32 Å². The van der Waals surface area contributed by atoms with Crippen molar-refractivity contribution in [3.05, 3.63) is 45.1 Å². The number of benzene rings is 1. The number of rotatable bonds is 5. The lowest BCUT2D eigenvalue weighted by Gasteiger charge is -2.38. The van der Waals surface area contributed by atoms with Crippen molar-refractivity contribution in [2.75, 3.05) is 31.1 Å². The van der Waals surface area contributed by atoms with Crippen molar-refractivity contribution in [1.82, 2.24) is 9.47 Å². The molecular weight excluding hydrogens is 482 g/mol. The number of pyridine rings is 1. The summed E-state index contributed by atoms with van der Waals surface area (Å²) in [5.74, 6) is -0.152. The quantitative estimate of drug-likeness (QED) is 0.442. The molecule has 2 aromatic rings. The Labute approximate surface area is 215 Å². The maximum Gasteiger partial charge on any atom is 0.266 e. The van der Waals surface area contributed by atoms with Gasteiger partial charge in [0.25, 0.3) is 11.5 Å². The summed E-state index contributed by atoms with van der Waals surface area (Å²) in [5.41, 5.74) is 2.19. The van der Waals surface area contributed by atoms with Crippen molar-refractivity contribution in [1.29, 1.82) is 0 Å². The van der Waals surface area contributed by atoms with Crippen LogP contribution in [0.15, 0.2) is 34.0 Å². The lowest BCUT2D eigenvalue weighted by atomic mass is 10.0. The molecule has 1 aromatic carbocycles. The van der Waals surface area contributed by atoms with Crippen molar-refractivity contribution >= 4 is 56.9 Å². The van der Waals surface area contributed by atoms with E-state index in [2.05, 4.69) is 11.0 Å². The third-order valence-electron chi connectivity index (χ3n) is 6.79. The van der Waals surface area contributed by atoms with E-state index < -0.39 is 0 Å². The van der Waals surface area contributed by atoms with Gasteiger partial charge in [0.2, 0.25) is 0 Å². The standard InChI is InChI=1S/C26H31N3O4S2/c1-4-28-21-10-6-5-9-19(21)23(27-13-16(2)33-17(3)14-27)20(24(28)30)12-22-25(31)29(26(34)35-22)15-18-8-7-11-32-18/h5-6,9-10,12,16-18H,4,7-8,11,13-15H2,1-3H3. The maximum atomic E-state index is 13.9. The van der Waals surface area contributed by atoms with Gasteiger partial charge in [-0.15, -0.1) is 0 Å². The first-order valence-corrected chi connectivity index (χ1v) is 13.5. The van der Waals surface area contributed by atoms with E-state index in [0.29, 0.717) is 41.0 Å². The molecule has 0 saturated carbocycles. The third-order valence-corrected chi connectivity index (χ3v) is 8.17. The van der Waals surface area contributed by atoms with Gasteiger partial charge >= 0.3 is 0 Å². The number of thiocarbonyl (C=S) groups is 1. The molecule has 7 nitrogen and oxygen atoms in total. The number of nitrogens with zero attached hydrogens (tertiary/aromatic N) is 3. The number of anilines is 1. The van der Waals surface area contributed by atoms with E-state index >= 15 is 0 Å². The van der Waals surface area contributed by atoms with Crippen LogP contribution in [0.5, 0.6) is 0 Å². The van der Waals surface area contributed by atoms with Gasteiger partial charge in [0.05, 0.1) is 46.5 Å². The molecule has 0 spiro atoms. The topological polar surface area (TPSA) is 64.0 Å². The number of aromatic nitrogens is 1. The molecule has 3 saturated heterocycles. The Morgan fingerprint density at radius 3 is 2.60 bits per heavy atom. The smallest absolute Gasteiger partial charge is 0.266 e. The molecule has 3 fully saturated rings. The molecule has 186 valence electrons. The number of carbonyl (C=O) groups is 1. The highest BCUT2D eigenvalue weighted by Crippen LogP contribution is 2.37. The average Bonchev–Trinajstić information content (AvgIpc) is 3.43. The molecule has 0 N–H and O–H groups in total. The molecule has 9 heteroatoms. The second-order valence-electron chi connectivity index (χ2n) is 9.42. The van der Waals surface area contributed by atoms with Crippen molar-refractivity contribution in [2.45, 2.75) is 58.5 Å². The zero-order valence-electron chi connectivity index (χ0n) is 20.4. The van der Waals surface area contributed by atoms with Crippen LogP contribution in [-0.4, -0.2) is 64.2 Å². The van der Waals surface area contributed by atoms with Gasteiger partial charge in [0, 0.05) is 31.6 Å². The highest BCUT2D eigenvalue weighted by Gasteiger charge is 2.36. The number of amides is 1. The number of fused-ring (bicyclic) bond motifs is 1. The van der Waals surface area contributed by atoms with Gasteiger partial charge in [-0.3, -0.25) is 14.5 Å². The Balaban J connectivity index is 1.63.